The first-order valence-corrected chi connectivity index (χ1v) is 7.59. The van der Waals surface area contributed by atoms with Crippen molar-refractivity contribution in [2.45, 2.75) is 32.1 Å². The Labute approximate surface area is 137 Å². The van der Waals surface area contributed by atoms with Crippen molar-refractivity contribution < 1.29 is 9.59 Å². The molecule has 22 heavy (non-hydrogen) atoms. The molecule has 1 aliphatic rings. The Morgan fingerprint density at radius 3 is 2.36 bits per heavy atom. The summed E-state index contributed by atoms with van der Waals surface area (Å²) in [5, 5.41) is 2.76. The minimum absolute atomic E-state index is 0. The van der Waals surface area contributed by atoms with Gasteiger partial charge < -0.3 is 16.0 Å². The van der Waals surface area contributed by atoms with E-state index in [2.05, 4.69) is 5.32 Å². The second-order valence-corrected chi connectivity index (χ2v) is 5.39. The van der Waals surface area contributed by atoms with Gasteiger partial charge in [0.1, 0.15) is 0 Å². The van der Waals surface area contributed by atoms with Gasteiger partial charge in [0.2, 0.25) is 5.91 Å². The normalized spacial score (nSPS) is 14.6. The van der Waals surface area contributed by atoms with Crippen LogP contribution in [0.15, 0.2) is 24.3 Å². The van der Waals surface area contributed by atoms with Gasteiger partial charge in [-0.05, 0) is 25.0 Å². The number of benzene rings is 1. The molecule has 0 spiro atoms. The molecule has 0 saturated carbocycles. The van der Waals surface area contributed by atoms with E-state index >= 15 is 0 Å². The number of hydrogen-bond donors (Lipinski definition) is 2. The number of nitrogens with two attached hydrogens (primary N) is 1. The predicted molar refractivity (Wildman–Crippen MR) is 90.1 cm³/mol. The largest absolute Gasteiger partial charge is 0.398 e. The molecule has 5 nitrogen and oxygen atoms in total. The fourth-order valence-corrected chi connectivity index (χ4v) is 2.56. The molecule has 0 atom stereocenters. The molecule has 0 radical (unpaired) electrons. The number of halogens is 1. The predicted octanol–water partition coefficient (Wildman–Crippen LogP) is 2.21. The SMILES string of the molecule is Cl.Nc1ccccc1C(=O)NCCC(=O)N1CCCCCC1. The Hall–Kier alpha value is -1.75. The van der Waals surface area contributed by atoms with Crippen molar-refractivity contribution >= 4 is 29.9 Å². The summed E-state index contributed by atoms with van der Waals surface area (Å²) in [6, 6.07) is 6.93. The highest BCUT2D eigenvalue weighted by Gasteiger charge is 2.15. The summed E-state index contributed by atoms with van der Waals surface area (Å²) in [6.45, 7) is 2.04. The van der Waals surface area contributed by atoms with E-state index in [9.17, 15) is 9.59 Å². The molecule has 2 rings (SSSR count). The number of hydrogen-bond acceptors (Lipinski definition) is 3. The second-order valence-electron chi connectivity index (χ2n) is 5.39. The molecule has 0 unspecified atom stereocenters. The van der Waals surface area contributed by atoms with Crippen molar-refractivity contribution in [1.29, 1.82) is 0 Å². The van der Waals surface area contributed by atoms with Crippen LogP contribution in [-0.4, -0.2) is 36.3 Å². The lowest BCUT2D eigenvalue weighted by Gasteiger charge is -2.20. The molecular weight excluding hydrogens is 302 g/mol. The van der Waals surface area contributed by atoms with Gasteiger partial charge in [-0.2, -0.15) is 0 Å². The fourth-order valence-electron chi connectivity index (χ4n) is 2.56. The van der Waals surface area contributed by atoms with Gasteiger partial charge in [0, 0.05) is 31.7 Å². The summed E-state index contributed by atoms with van der Waals surface area (Å²) >= 11 is 0. The Kier molecular flexibility index (Phi) is 7.74. The van der Waals surface area contributed by atoms with Crippen molar-refractivity contribution in [2.75, 3.05) is 25.4 Å². The van der Waals surface area contributed by atoms with Crippen molar-refractivity contribution in [2.24, 2.45) is 0 Å². The number of anilines is 1. The van der Waals surface area contributed by atoms with E-state index < -0.39 is 0 Å². The van der Waals surface area contributed by atoms with Gasteiger partial charge >= 0.3 is 0 Å². The summed E-state index contributed by atoms with van der Waals surface area (Å²) in [5.41, 5.74) is 6.66. The maximum atomic E-state index is 12.1. The maximum absolute atomic E-state index is 12.1. The number of nitrogens with zero attached hydrogens (tertiary/aromatic N) is 1. The molecular formula is C16H24ClN3O2. The molecule has 0 bridgehead atoms. The Morgan fingerprint density at radius 1 is 1.09 bits per heavy atom. The van der Waals surface area contributed by atoms with Gasteiger partial charge in [-0.15, -0.1) is 12.4 Å². The topological polar surface area (TPSA) is 75.4 Å². The van der Waals surface area contributed by atoms with Crippen LogP contribution in [0.25, 0.3) is 0 Å². The summed E-state index contributed by atoms with van der Waals surface area (Å²) in [5.74, 6) is -0.102. The number of nitrogen functional groups attached to an aromatic ring is 1. The molecule has 1 fully saturated rings. The molecule has 0 aromatic heterocycles. The van der Waals surface area contributed by atoms with Crippen LogP contribution in [0.2, 0.25) is 0 Å². The van der Waals surface area contributed by atoms with E-state index in [0.717, 1.165) is 25.9 Å². The molecule has 1 aromatic rings. The summed E-state index contributed by atoms with van der Waals surface area (Å²) < 4.78 is 0. The maximum Gasteiger partial charge on any atom is 0.253 e. The molecule has 1 aromatic carbocycles. The average Bonchev–Trinajstić information content (AvgIpc) is 2.76. The van der Waals surface area contributed by atoms with Crippen LogP contribution >= 0.6 is 12.4 Å². The molecule has 6 heteroatoms. The Morgan fingerprint density at radius 2 is 1.73 bits per heavy atom. The molecule has 1 aliphatic heterocycles. The zero-order chi connectivity index (χ0) is 15.1. The van der Waals surface area contributed by atoms with Crippen molar-refractivity contribution in [3.8, 4) is 0 Å². The van der Waals surface area contributed by atoms with Crippen LogP contribution in [0, 0.1) is 0 Å². The third-order valence-corrected chi connectivity index (χ3v) is 3.79. The van der Waals surface area contributed by atoms with E-state index in [1.807, 2.05) is 4.90 Å². The van der Waals surface area contributed by atoms with Crippen LogP contribution < -0.4 is 11.1 Å². The minimum atomic E-state index is -0.225. The molecule has 0 aliphatic carbocycles. The van der Waals surface area contributed by atoms with Gasteiger partial charge in [0.25, 0.3) is 5.91 Å². The van der Waals surface area contributed by atoms with Crippen LogP contribution in [0.3, 0.4) is 0 Å². The second kappa shape index (κ2) is 9.30. The highest BCUT2D eigenvalue weighted by molar-refractivity contribution is 5.99. The number of likely N-dealkylation sites (tertiary alicyclic amines) is 1. The third kappa shape index (κ3) is 5.22. The number of rotatable bonds is 4. The molecule has 122 valence electrons. The lowest BCUT2D eigenvalue weighted by molar-refractivity contribution is -0.131. The Bertz CT molecular complexity index is 500. The van der Waals surface area contributed by atoms with Crippen LogP contribution in [-0.2, 0) is 4.79 Å². The monoisotopic (exact) mass is 325 g/mol. The van der Waals surface area contributed by atoms with Crippen LogP contribution in [0.5, 0.6) is 0 Å². The van der Waals surface area contributed by atoms with Gasteiger partial charge in [0.05, 0.1) is 5.56 Å². The molecule has 1 heterocycles. The summed E-state index contributed by atoms with van der Waals surface area (Å²) in [6.07, 6.45) is 4.91. The zero-order valence-corrected chi connectivity index (χ0v) is 13.5. The summed E-state index contributed by atoms with van der Waals surface area (Å²) in [7, 11) is 0. The first kappa shape index (κ1) is 18.3. The van der Waals surface area contributed by atoms with Gasteiger partial charge in [-0.3, -0.25) is 9.59 Å². The van der Waals surface area contributed by atoms with Gasteiger partial charge in [-0.25, -0.2) is 0 Å². The van der Waals surface area contributed by atoms with Gasteiger partial charge in [0.15, 0.2) is 0 Å². The molecule has 2 amide bonds. The Balaban J connectivity index is 0.00000242. The van der Waals surface area contributed by atoms with E-state index in [1.54, 1.807) is 24.3 Å². The minimum Gasteiger partial charge on any atom is -0.398 e. The first-order chi connectivity index (χ1) is 10.2. The highest BCUT2D eigenvalue weighted by Crippen LogP contribution is 2.11. The van der Waals surface area contributed by atoms with Crippen molar-refractivity contribution in [3.05, 3.63) is 29.8 Å². The first-order valence-electron chi connectivity index (χ1n) is 7.59. The fraction of sp³-hybridized carbons (Fsp3) is 0.500. The quantitative estimate of drug-likeness (QED) is 0.833. The van der Waals surface area contributed by atoms with Crippen molar-refractivity contribution in [1.82, 2.24) is 10.2 Å². The number of carbonyl (C=O) groups is 2. The number of para-hydroxylation sites is 1. The zero-order valence-electron chi connectivity index (χ0n) is 12.7. The highest BCUT2D eigenvalue weighted by atomic mass is 35.5. The van der Waals surface area contributed by atoms with Crippen molar-refractivity contribution in [3.63, 3.8) is 0 Å². The average molecular weight is 326 g/mol. The van der Waals surface area contributed by atoms with E-state index in [4.69, 9.17) is 5.73 Å². The van der Waals surface area contributed by atoms with Gasteiger partial charge in [-0.1, -0.05) is 25.0 Å². The standard InChI is InChI=1S/C16H23N3O2.ClH/c17-14-8-4-3-7-13(14)16(21)18-10-9-15(20)19-11-5-1-2-6-12-19;/h3-4,7-8H,1-2,5-6,9-12,17H2,(H,18,21);1H. The summed E-state index contributed by atoms with van der Waals surface area (Å²) in [4.78, 5) is 26.0. The lowest BCUT2D eigenvalue weighted by Crippen LogP contribution is -2.35. The van der Waals surface area contributed by atoms with E-state index in [1.165, 1.54) is 12.8 Å². The molecule has 3 N–H and O–H groups in total. The lowest BCUT2D eigenvalue weighted by atomic mass is 10.1. The van der Waals surface area contributed by atoms with Crippen LogP contribution in [0.1, 0.15) is 42.5 Å². The smallest absolute Gasteiger partial charge is 0.253 e. The van der Waals surface area contributed by atoms with Crippen LogP contribution in [0.4, 0.5) is 5.69 Å². The van der Waals surface area contributed by atoms with E-state index in [-0.39, 0.29) is 24.2 Å². The molecule has 1 saturated heterocycles. The number of carbonyl (C=O) groups excluding carboxylic acids is 2. The third-order valence-electron chi connectivity index (χ3n) is 3.79. The van der Waals surface area contributed by atoms with E-state index in [0.29, 0.717) is 24.2 Å². The number of nitrogens with one attached hydrogen (secondary N) is 1. The number of amides is 2.